The molecule has 162 valence electrons. The molecule has 2 atom stereocenters. The van der Waals surface area contributed by atoms with Crippen molar-refractivity contribution in [2.45, 2.75) is 45.4 Å². The molecule has 1 aliphatic heterocycles. The van der Waals surface area contributed by atoms with Gasteiger partial charge in [-0.3, -0.25) is 14.4 Å². The fourth-order valence-electron chi connectivity index (χ4n) is 4.20. The van der Waals surface area contributed by atoms with E-state index < -0.39 is 12.1 Å². The lowest BCUT2D eigenvalue weighted by molar-refractivity contribution is -0.224. The summed E-state index contributed by atoms with van der Waals surface area (Å²) in [5.74, 6) is 0.00306. The molecule has 2 heterocycles. The quantitative estimate of drug-likeness (QED) is 0.631. The van der Waals surface area contributed by atoms with Gasteiger partial charge in [0.25, 0.3) is 5.91 Å². The number of aromatic nitrogens is 1. The van der Waals surface area contributed by atoms with Crippen LogP contribution < -0.4 is 0 Å². The van der Waals surface area contributed by atoms with E-state index in [-0.39, 0.29) is 24.3 Å². The number of amides is 2. The van der Waals surface area contributed by atoms with Gasteiger partial charge in [-0.1, -0.05) is 62.4 Å². The van der Waals surface area contributed by atoms with Gasteiger partial charge < -0.3 is 9.88 Å². The Balaban J connectivity index is 1.60. The Labute approximate surface area is 182 Å². The second kappa shape index (κ2) is 8.94. The molecule has 0 bridgehead atoms. The minimum Gasteiger partial charge on any atom is -0.361 e. The van der Waals surface area contributed by atoms with E-state index in [9.17, 15) is 9.59 Å². The minimum absolute atomic E-state index is 0.0776. The highest BCUT2D eigenvalue weighted by Crippen LogP contribution is 2.27. The van der Waals surface area contributed by atoms with Crippen molar-refractivity contribution in [1.29, 1.82) is 0 Å². The van der Waals surface area contributed by atoms with Crippen LogP contribution in [-0.2, 0) is 27.5 Å². The van der Waals surface area contributed by atoms with Gasteiger partial charge >= 0.3 is 0 Å². The summed E-state index contributed by atoms with van der Waals surface area (Å²) in [4.78, 5) is 37.7. The van der Waals surface area contributed by atoms with Gasteiger partial charge in [0.05, 0.1) is 0 Å². The monoisotopic (exact) mass is 419 g/mol. The van der Waals surface area contributed by atoms with Gasteiger partial charge in [0.2, 0.25) is 5.91 Å². The number of rotatable bonds is 7. The van der Waals surface area contributed by atoms with Crippen LogP contribution in [-0.4, -0.2) is 45.9 Å². The number of hydrogen-bond donors (Lipinski definition) is 1. The molecule has 1 N–H and O–H groups in total. The van der Waals surface area contributed by atoms with Gasteiger partial charge in [0.1, 0.15) is 18.7 Å². The number of nitrogens with zero attached hydrogens (tertiary/aromatic N) is 2. The Morgan fingerprint density at radius 3 is 2.42 bits per heavy atom. The molecule has 1 aromatic heterocycles. The first-order valence-electron chi connectivity index (χ1n) is 10.8. The largest absolute Gasteiger partial charge is 0.361 e. The van der Waals surface area contributed by atoms with Gasteiger partial charge in [-0.05, 0) is 29.5 Å². The molecular formula is C25H29N3O3. The summed E-state index contributed by atoms with van der Waals surface area (Å²) in [6.45, 7) is 4.34. The zero-order chi connectivity index (χ0) is 22.0. The summed E-state index contributed by atoms with van der Waals surface area (Å²) in [5.41, 5.74) is 2.99. The summed E-state index contributed by atoms with van der Waals surface area (Å²) in [6, 6.07) is 16.5. The predicted molar refractivity (Wildman–Crippen MR) is 120 cm³/mol. The molecular weight excluding hydrogens is 390 g/mol. The van der Waals surface area contributed by atoms with Crippen molar-refractivity contribution in [1.82, 2.24) is 14.9 Å². The number of hydrogen-bond acceptors (Lipinski definition) is 3. The van der Waals surface area contributed by atoms with Crippen molar-refractivity contribution in [3.63, 3.8) is 0 Å². The summed E-state index contributed by atoms with van der Waals surface area (Å²) >= 11 is 0. The molecule has 6 heteroatoms. The number of benzene rings is 2. The second-order valence-electron chi connectivity index (χ2n) is 8.60. The standard InChI is InChI=1S/C25H29N3O3/c1-17(2)13-23-24(29)27(3)22(14-19-15-26-21-12-8-7-11-20(19)21)25(30)28(23)31-16-18-9-5-4-6-10-18/h4-12,15,17,22-23,26H,13-14,16H2,1-3H3/t22-,23+/m0/s1. The number of carbonyl (C=O) groups excluding carboxylic acids is 2. The van der Waals surface area contributed by atoms with E-state index in [1.807, 2.05) is 74.6 Å². The molecule has 0 spiro atoms. The van der Waals surface area contributed by atoms with E-state index in [1.165, 1.54) is 5.06 Å². The molecule has 2 aromatic carbocycles. The summed E-state index contributed by atoms with van der Waals surface area (Å²) in [6.07, 6.45) is 2.92. The van der Waals surface area contributed by atoms with E-state index in [0.717, 1.165) is 22.0 Å². The Bertz CT molecular complexity index is 1060. The molecule has 1 aliphatic rings. The first-order chi connectivity index (χ1) is 15.0. The third-order valence-corrected chi connectivity index (χ3v) is 5.88. The Kier molecular flexibility index (Phi) is 6.09. The molecule has 1 fully saturated rings. The highest BCUT2D eigenvalue weighted by Gasteiger charge is 2.45. The summed E-state index contributed by atoms with van der Waals surface area (Å²) < 4.78 is 0. The normalized spacial score (nSPS) is 19.6. The summed E-state index contributed by atoms with van der Waals surface area (Å²) in [5, 5.41) is 2.41. The van der Waals surface area contributed by atoms with Crippen LogP contribution in [0.15, 0.2) is 60.8 Å². The first kappa shape index (κ1) is 21.1. The number of fused-ring (bicyclic) bond motifs is 1. The van der Waals surface area contributed by atoms with E-state index >= 15 is 0 Å². The number of carbonyl (C=O) groups is 2. The van der Waals surface area contributed by atoms with Crippen molar-refractivity contribution in [3.8, 4) is 0 Å². The number of H-pyrrole nitrogens is 1. The van der Waals surface area contributed by atoms with Crippen molar-refractivity contribution in [2.75, 3.05) is 7.05 Å². The van der Waals surface area contributed by atoms with Crippen molar-refractivity contribution >= 4 is 22.7 Å². The number of piperazine rings is 1. The van der Waals surface area contributed by atoms with Crippen LogP contribution in [0.2, 0.25) is 0 Å². The van der Waals surface area contributed by atoms with Gasteiger partial charge in [0.15, 0.2) is 0 Å². The number of aromatic amines is 1. The lowest BCUT2D eigenvalue weighted by atomic mass is 9.95. The maximum atomic E-state index is 13.6. The molecule has 2 amide bonds. The predicted octanol–water partition coefficient (Wildman–Crippen LogP) is 3.93. The van der Waals surface area contributed by atoms with Crippen LogP contribution >= 0.6 is 0 Å². The van der Waals surface area contributed by atoms with Crippen molar-refractivity contribution < 1.29 is 14.4 Å². The van der Waals surface area contributed by atoms with Gasteiger partial charge in [-0.25, -0.2) is 5.06 Å². The molecule has 3 aromatic rings. The molecule has 0 unspecified atom stereocenters. The zero-order valence-corrected chi connectivity index (χ0v) is 18.2. The lowest BCUT2D eigenvalue weighted by Gasteiger charge is -2.43. The summed E-state index contributed by atoms with van der Waals surface area (Å²) in [7, 11) is 1.72. The van der Waals surface area contributed by atoms with Crippen molar-refractivity contribution in [2.24, 2.45) is 5.92 Å². The van der Waals surface area contributed by atoms with Crippen LogP contribution in [0.5, 0.6) is 0 Å². The zero-order valence-electron chi connectivity index (χ0n) is 18.2. The number of hydroxylamine groups is 2. The Morgan fingerprint density at radius 2 is 1.68 bits per heavy atom. The fourth-order valence-corrected chi connectivity index (χ4v) is 4.20. The van der Waals surface area contributed by atoms with E-state index in [1.54, 1.807) is 11.9 Å². The number of nitrogens with one attached hydrogen (secondary N) is 1. The lowest BCUT2D eigenvalue weighted by Crippen LogP contribution is -2.64. The third kappa shape index (κ3) is 4.35. The number of para-hydroxylation sites is 1. The van der Waals surface area contributed by atoms with Crippen molar-refractivity contribution in [3.05, 3.63) is 71.9 Å². The van der Waals surface area contributed by atoms with Gasteiger partial charge in [-0.2, -0.15) is 0 Å². The third-order valence-electron chi connectivity index (χ3n) is 5.88. The molecule has 0 radical (unpaired) electrons. The highest BCUT2D eigenvalue weighted by molar-refractivity contribution is 5.97. The topological polar surface area (TPSA) is 65.6 Å². The minimum atomic E-state index is -0.611. The van der Waals surface area contributed by atoms with E-state index in [4.69, 9.17) is 4.84 Å². The van der Waals surface area contributed by atoms with Gasteiger partial charge in [-0.15, -0.1) is 0 Å². The molecule has 4 rings (SSSR count). The van der Waals surface area contributed by atoms with E-state index in [2.05, 4.69) is 4.98 Å². The van der Waals surface area contributed by atoms with E-state index in [0.29, 0.717) is 12.8 Å². The molecule has 0 aliphatic carbocycles. The fraction of sp³-hybridized carbons (Fsp3) is 0.360. The van der Waals surface area contributed by atoms with Crippen LogP contribution in [0.1, 0.15) is 31.4 Å². The van der Waals surface area contributed by atoms with Crippen LogP contribution in [0.4, 0.5) is 0 Å². The Morgan fingerprint density at radius 1 is 0.968 bits per heavy atom. The smallest absolute Gasteiger partial charge is 0.269 e. The molecule has 6 nitrogen and oxygen atoms in total. The van der Waals surface area contributed by atoms with Gasteiger partial charge in [0, 0.05) is 30.6 Å². The average Bonchev–Trinajstić information content (AvgIpc) is 3.18. The van der Waals surface area contributed by atoms with Crippen LogP contribution in [0, 0.1) is 5.92 Å². The van der Waals surface area contributed by atoms with Crippen LogP contribution in [0.3, 0.4) is 0 Å². The molecule has 0 saturated carbocycles. The highest BCUT2D eigenvalue weighted by atomic mass is 16.7. The maximum Gasteiger partial charge on any atom is 0.269 e. The molecule has 1 saturated heterocycles. The maximum absolute atomic E-state index is 13.6. The SMILES string of the molecule is CC(C)C[C@@H]1C(=O)N(C)[C@@H](Cc2c[nH]c3ccccc23)C(=O)N1OCc1ccccc1. The average molecular weight is 420 g/mol. The second-order valence-corrected chi connectivity index (χ2v) is 8.60. The number of likely N-dealkylation sites (N-methyl/N-ethyl adjacent to an activating group) is 1. The first-order valence-corrected chi connectivity index (χ1v) is 10.8. The van der Waals surface area contributed by atoms with Crippen LogP contribution in [0.25, 0.3) is 10.9 Å². The Hall–Kier alpha value is -3.12. The molecule has 31 heavy (non-hydrogen) atoms.